The Morgan fingerprint density at radius 3 is 2.25 bits per heavy atom. The maximum atomic E-state index is 13.7. The molecule has 0 aliphatic carbocycles. The zero-order chi connectivity index (χ0) is 28.9. The summed E-state index contributed by atoms with van der Waals surface area (Å²) in [6, 6.07) is 22.0. The van der Waals surface area contributed by atoms with Crippen LogP contribution in [0.3, 0.4) is 0 Å². The monoisotopic (exact) mass is 539 g/mol. The molecule has 6 N–H and O–H groups in total. The maximum absolute atomic E-state index is 13.7. The molecule has 4 aromatic rings. The molecule has 0 bridgehead atoms. The molecule has 2 heterocycles. The van der Waals surface area contributed by atoms with Gasteiger partial charge in [0.15, 0.2) is 23.0 Å². The van der Waals surface area contributed by atoms with Crippen LogP contribution < -0.4 is 16.8 Å². The second kappa shape index (κ2) is 12.1. The lowest BCUT2D eigenvalue weighted by molar-refractivity contribution is -0.137. The third kappa shape index (κ3) is 6.39. The van der Waals surface area contributed by atoms with Crippen LogP contribution in [0.4, 0.5) is 0 Å². The number of carbonyl (C=O) groups is 4. The average Bonchev–Trinajstić information content (AvgIpc) is 3.38. The predicted molar refractivity (Wildman–Crippen MR) is 152 cm³/mol. The Morgan fingerprint density at radius 2 is 1.60 bits per heavy atom. The molecule has 0 spiro atoms. The number of benzene rings is 2. The van der Waals surface area contributed by atoms with E-state index in [9.17, 15) is 19.2 Å². The third-order valence-electron chi connectivity index (χ3n) is 6.76. The number of fused-ring (bicyclic) bond motifs is 1. The molecular weight excluding hydrogens is 506 g/mol. The summed E-state index contributed by atoms with van der Waals surface area (Å²) in [6.07, 6.45) is 1.10. The highest BCUT2D eigenvalue weighted by atomic mass is 16.2. The Kier molecular flexibility index (Phi) is 8.67. The predicted octanol–water partition coefficient (Wildman–Crippen LogP) is 3.25. The Labute approximate surface area is 232 Å². The molecule has 2 aromatic heterocycles. The van der Waals surface area contributed by atoms with Crippen molar-refractivity contribution in [2.24, 2.45) is 17.4 Å². The van der Waals surface area contributed by atoms with Gasteiger partial charge < -0.3 is 21.8 Å². The van der Waals surface area contributed by atoms with E-state index in [2.05, 4.69) is 15.3 Å². The van der Waals surface area contributed by atoms with Crippen LogP contribution in [-0.4, -0.2) is 44.9 Å². The number of pyridine rings is 1. The number of nitrogens with one attached hydrogen (secondary N) is 2. The van der Waals surface area contributed by atoms with Crippen LogP contribution in [0.2, 0.25) is 0 Å². The van der Waals surface area contributed by atoms with Crippen molar-refractivity contribution < 1.29 is 19.2 Å². The molecule has 0 saturated heterocycles. The van der Waals surface area contributed by atoms with Crippen LogP contribution >= 0.6 is 0 Å². The summed E-state index contributed by atoms with van der Waals surface area (Å²) in [5.74, 6) is -3.76. The Bertz CT molecular complexity index is 1440. The number of para-hydroxylation sites is 1. The number of nitrogens with zero attached hydrogens (tertiary/aromatic N) is 1. The van der Waals surface area contributed by atoms with E-state index in [-0.39, 0.29) is 18.0 Å². The second-order valence-corrected chi connectivity index (χ2v) is 10.3. The molecule has 4 rings (SSSR count). The lowest BCUT2D eigenvalue weighted by atomic mass is 9.82. The van der Waals surface area contributed by atoms with Crippen LogP contribution in [0.1, 0.15) is 54.4 Å². The summed E-state index contributed by atoms with van der Waals surface area (Å²) in [4.78, 5) is 60.7. The normalized spacial score (nSPS) is 13.1. The fraction of sp³-hybridized carbons (Fsp3) is 0.258. The fourth-order valence-electron chi connectivity index (χ4n) is 4.63. The number of aromatic nitrogens is 2. The first kappa shape index (κ1) is 28.5. The minimum atomic E-state index is -2.46. The minimum Gasteiger partial charge on any atom is -0.351 e. The van der Waals surface area contributed by atoms with Crippen molar-refractivity contribution in [3.8, 4) is 0 Å². The van der Waals surface area contributed by atoms with Crippen LogP contribution in [0.15, 0.2) is 85.1 Å². The van der Waals surface area contributed by atoms with E-state index in [4.69, 9.17) is 11.5 Å². The summed E-state index contributed by atoms with van der Waals surface area (Å²) in [6.45, 7) is 3.79. The number of nitrogens with two attached hydrogens (primary N) is 2. The summed E-state index contributed by atoms with van der Waals surface area (Å²) >= 11 is 0. The smallest absolute Gasteiger partial charge is 0.268 e. The standard InChI is InChI=1S/C31H33N5O4/c1-19(2)16-24(36-30(40)25-17-21-12-6-7-13-22(21)35-25)26(37)18-27(38)31(32,33)29(39)28(20-10-4-3-5-11-20)23-14-8-9-15-34-23/h3-15,17,19,24,28,35H,16,18,32-33H2,1-2H3,(H,36,40)/t24-,28?/m0/s1. The second-order valence-electron chi connectivity index (χ2n) is 10.3. The van der Waals surface area contributed by atoms with E-state index in [0.29, 0.717) is 11.3 Å². The van der Waals surface area contributed by atoms with E-state index in [1.54, 1.807) is 54.6 Å². The van der Waals surface area contributed by atoms with Crippen molar-refractivity contribution in [2.75, 3.05) is 0 Å². The average molecular weight is 540 g/mol. The molecule has 0 aliphatic heterocycles. The third-order valence-corrected chi connectivity index (χ3v) is 6.76. The Hall–Kier alpha value is -4.47. The number of Topliss-reactive ketones (excluding diaryl/α,β-unsaturated/α-hetero) is 3. The molecule has 0 saturated carbocycles. The number of ketones is 3. The Morgan fingerprint density at radius 1 is 0.925 bits per heavy atom. The molecule has 9 nitrogen and oxygen atoms in total. The maximum Gasteiger partial charge on any atom is 0.268 e. The zero-order valence-electron chi connectivity index (χ0n) is 22.5. The van der Waals surface area contributed by atoms with Crippen LogP contribution in [0.5, 0.6) is 0 Å². The van der Waals surface area contributed by atoms with Crippen LogP contribution in [-0.2, 0) is 14.4 Å². The van der Waals surface area contributed by atoms with Gasteiger partial charge in [-0.2, -0.15) is 0 Å². The number of amides is 1. The highest BCUT2D eigenvalue weighted by molar-refractivity contribution is 6.19. The first-order valence-electron chi connectivity index (χ1n) is 13.1. The molecule has 0 radical (unpaired) electrons. The molecule has 0 aliphatic rings. The van der Waals surface area contributed by atoms with Gasteiger partial charge in [0.1, 0.15) is 5.69 Å². The van der Waals surface area contributed by atoms with E-state index in [1.807, 2.05) is 38.1 Å². The largest absolute Gasteiger partial charge is 0.351 e. The number of H-pyrrole nitrogens is 1. The van der Waals surface area contributed by atoms with E-state index < -0.39 is 47.3 Å². The van der Waals surface area contributed by atoms with Gasteiger partial charge in [-0.3, -0.25) is 24.2 Å². The zero-order valence-corrected chi connectivity index (χ0v) is 22.5. The first-order valence-corrected chi connectivity index (χ1v) is 13.1. The fourth-order valence-corrected chi connectivity index (χ4v) is 4.63. The Balaban J connectivity index is 1.53. The SMILES string of the molecule is CC(C)C[C@H](NC(=O)c1cc2ccccc2[nH]1)C(=O)CC(=O)C(N)(N)C(=O)C(c1ccccc1)c1ccccn1. The van der Waals surface area contributed by atoms with Crippen LogP contribution in [0.25, 0.3) is 10.9 Å². The van der Waals surface area contributed by atoms with Crippen molar-refractivity contribution in [2.45, 2.75) is 44.3 Å². The molecule has 1 amide bonds. The summed E-state index contributed by atoms with van der Waals surface area (Å²) in [5.41, 5.74) is 11.9. The van der Waals surface area contributed by atoms with E-state index in [0.717, 1.165) is 10.9 Å². The van der Waals surface area contributed by atoms with Gasteiger partial charge in [0, 0.05) is 17.1 Å². The van der Waals surface area contributed by atoms with Gasteiger partial charge in [0.2, 0.25) is 0 Å². The highest BCUT2D eigenvalue weighted by Crippen LogP contribution is 2.27. The summed E-state index contributed by atoms with van der Waals surface area (Å²) in [7, 11) is 0. The number of hydrogen-bond acceptors (Lipinski definition) is 7. The van der Waals surface area contributed by atoms with E-state index in [1.165, 1.54) is 6.20 Å². The van der Waals surface area contributed by atoms with E-state index >= 15 is 0 Å². The lowest BCUT2D eigenvalue weighted by Crippen LogP contribution is -2.64. The quantitative estimate of drug-likeness (QED) is 0.159. The number of rotatable bonds is 12. The minimum absolute atomic E-state index is 0.0285. The molecule has 1 unspecified atom stereocenters. The van der Waals surface area contributed by atoms with Gasteiger partial charge >= 0.3 is 0 Å². The van der Waals surface area contributed by atoms with Crippen molar-refractivity contribution in [1.29, 1.82) is 0 Å². The summed E-state index contributed by atoms with van der Waals surface area (Å²) in [5, 5.41) is 3.59. The molecule has 2 aromatic carbocycles. The van der Waals surface area contributed by atoms with Gasteiger partial charge in [-0.25, -0.2) is 0 Å². The summed E-state index contributed by atoms with van der Waals surface area (Å²) < 4.78 is 0. The molecular formula is C31H33N5O4. The van der Waals surface area contributed by atoms with Crippen LogP contribution in [0, 0.1) is 5.92 Å². The van der Waals surface area contributed by atoms with Crippen molar-refractivity contribution >= 4 is 34.2 Å². The van der Waals surface area contributed by atoms with Crippen molar-refractivity contribution in [3.63, 3.8) is 0 Å². The molecule has 40 heavy (non-hydrogen) atoms. The van der Waals surface area contributed by atoms with Gasteiger partial charge in [-0.1, -0.05) is 68.4 Å². The first-order chi connectivity index (χ1) is 19.1. The molecule has 9 heteroatoms. The number of carbonyl (C=O) groups excluding carboxylic acids is 4. The van der Waals surface area contributed by atoms with Gasteiger partial charge in [-0.05, 0) is 42.2 Å². The topological polar surface area (TPSA) is 161 Å². The van der Waals surface area contributed by atoms with Crippen molar-refractivity contribution in [3.05, 3.63) is 102 Å². The van der Waals surface area contributed by atoms with Gasteiger partial charge in [0.25, 0.3) is 5.91 Å². The number of aromatic amines is 1. The highest BCUT2D eigenvalue weighted by Gasteiger charge is 2.44. The van der Waals surface area contributed by atoms with Crippen molar-refractivity contribution in [1.82, 2.24) is 15.3 Å². The van der Waals surface area contributed by atoms with Gasteiger partial charge in [0.05, 0.1) is 24.1 Å². The van der Waals surface area contributed by atoms with Gasteiger partial charge in [-0.15, -0.1) is 0 Å². The lowest BCUT2D eigenvalue weighted by Gasteiger charge is -2.27. The molecule has 0 fully saturated rings. The molecule has 2 atom stereocenters. The molecule has 206 valence electrons. The number of hydrogen-bond donors (Lipinski definition) is 4.